The van der Waals surface area contributed by atoms with Crippen molar-refractivity contribution in [2.45, 2.75) is 57.7 Å². The van der Waals surface area contributed by atoms with E-state index in [-0.39, 0.29) is 0 Å². The summed E-state index contributed by atoms with van der Waals surface area (Å²) >= 11 is 0. The van der Waals surface area contributed by atoms with Crippen LogP contribution in [-0.2, 0) is 13.1 Å². The van der Waals surface area contributed by atoms with Crippen LogP contribution >= 0.6 is 0 Å². The zero-order valence-corrected chi connectivity index (χ0v) is 9.60. The van der Waals surface area contributed by atoms with E-state index in [4.69, 9.17) is 0 Å². The number of nitrogens with one attached hydrogen (secondary N) is 1. The largest absolute Gasteiger partial charge is 0.307 e. The number of hydrogen-bond acceptors (Lipinski definition) is 4. The monoisotopic (exact) mass is 221 g/mol. The molecule has 16 heavy (non-hydrogen) atoms. The number of aryl methyl sites for hydroxylation is 1. The van der Waals surface area contributed by atoms with Crippen molar-refractivity contribution in [2.75, 3.05) is 0 Å². The standard InChI is InChI=1S/C11H19N5/c1-2-9(3-1)6-7-16-11(13-14-15-16)8-12-10-4-5-10/h9-10,12H,1-8H2. The van der Waals surface area contributed by atoms with Gasteiger partial charge in [-0.15, -0.1) is 5.10 Å². The van der Waals surface area contributed by atoms with Crippen molar-refractivity contribution in [3.05, 3.63) is 5.82 Å². The fraction of sp³-hybridized carbons (Fsp3) is 0.909. The first-order valence-corrected chi connectivity index (χ1v) is 6.40. The summed E-state index contributed by atoms with van der Waals surface area (Å²) in [7, 11) is 0. The average molecular weight is 221 g/mol. The third-order valence-corrected chi connectivity index (χ3v) is 3.71. The molecule has 1 N–H and O–H groups in total. The molecule has 0 unspecified atom stereocenters. The molecule has 88 valence electrons. The van der Waals surface area contributed by atoms with Crippen molar-refractivity contribution < 1.29 is 0 Å². The van der Waals surface area contributed by atoms with Crippen molar-refractivity contribution in [1.82, 2.24) is 25.5 Å². The van der Waals surface area contributed by atoms with E-state index in [9.17, 15) is 0 Å². The van der Waals surface area contributed by atoms with Crippen molar-refractivity contribution in [2.24, 2.45) is 5.92 Å². The highest BCUT2D eigenvalue weighted by molar-refractivity contribution is 4.87. The van der Waals surface area contributed by atoms with Crippen LogP contribution in [0.3, 0.4) is 0 Å². The summed E-state index contributed by atoms with van der Waals surface area (Å²) < 4.78 is 1.97. The topological polar surface area (TPSA) is 55.6 Å². The van der Waals surface area contributed by atoms with Crippen LogP contribution in [0.1, 0.15) is 44.3 Å². The Bertz CT molecular complexity index is 340. The van der Waals surface area contributed by atoms with Gasteiger partial charge in [0.1, 0.15) is 0 Å². The van der Waals surface area contributed by atoms with Crippen LogP contribution in [-0.4, -0.2) is 26.2 Å². The Morgan fingerprint density at radius 2 is 2.12 bits per heavy atom. The molecule has 2 aliphatic rings. The van der Waals surface area contributed by atoms with Gasteiger partial charge in [0.05, 0.1) is 6.54 Å². The van der Waals surface area contributed by atoms with E-state index in [1.807, 2.05) is 4.68 Å². The molecule has 2 aliphatic carbocycles. The molecular formula is C11H19N5. The van der Waals surface area contributed by atoms with Crippen LogP contribution < -0.4 is 5.32 Å². The van der Waals surface area contributed by atoms with E-state index >= 15 is 0 Å². The molecule has 2 saturated carbocycles. The lowest BCUT2D eigenvalue weighted by Gasteiger charge is -2.24. The molecule has 0 saturated heterocycles. The van der Waals surface area contributed by atoms with Gasteiger partial charge in [0.25, 0.3) is 0 Å². The van der Waals surface area contributed by atoms with Gasteiger partial charge in [-0.1, -0.05) is 19.3 Å². The average Bonchev–Trinajstić information content (AvgIpc) is 2.94. The molecule has 1 aromatic heterocycles. The van der Waals surface area contributed by atoms with Gasteiger partial charge >= 0.3 is 0 Å². The number of tetrazole rings is 1. The summed E-state index contributed by atoms with van der Waals surface area (Å²) in [5.74, 6) is 1.92. The lowest BCUT2D eigenvalue weighted by molar-refractivity contribution is 0.275. The van der Waals surface area contributed by atoms with Crippen LogP contribution in [0.25, 0.3) is 0 Å². The maximum absolute atomic E-state index is 4.08. The number of nitrogens with zero attached hydrogens (tertiary/aromatic N) is 4. The fourth-order valence-corrected chi connectivity index (χ4v) is 2.13. The summed E-state index contributed by atoms with van der Waals surface area (Å²) in [6, 6.07) is 0.719. The highest BCUT2D eigenvalue weighted by atomic mass is 15.5. The van der Waals surface area contributed by atoms with Crippen LogP contribution in [0.4, 0.5) is 0 Å². The molecule has 3 rings (SSSR count). The number of rotatable bonds is 6. The van der Waals surface area contributed by atoms with E-state index in [0.29, 0.717) is 0 Å². The second kappa shape index (κ2) is 4.49. The molecular weight excluding hydrogens is 202 g/mol. The summed E-state index contributed by atoms with van der Waals surface area (Å²) in [5, 5.41) is 15.4. The molecule has 0 aliphatic heterocycles. The molecule has 0 spiro atoms. The lowest BCUT2D eigenvalue weighted by atomic mass is 9.83. The van der Waals surface area contributed by atoms with E-state index in [2.05, 4.69) is 20.8 Å². The van der Waals surface area contributed by atoms with Crippen molar-refractivity contribution in [1.29, 1.82) is 0 Å². The Kier molecular flexibility index (Phi) is 2.86. The van der Waals surface area contributed by atoms with Gasteiger partial charge in [0, 0.05) is 12.6 Å². The Morgan fingerprint density at radius 1 is 1.25 bits per heavy atom. The predicted molar refractivity (Wildman–Crippen MR) is 59.6 cm³/mol. The minimum absolute atomic E-state index is 0.719. The normalized spacial score (nSPS) is 21.0. The first-order valence-electron chi connectivity index (χ1n) is 6.40. The Labute approximate surface area is 95.6 Å². The quantitative estimate of drug-likeness (QED) is 0.782. The van der Waals surface area contributed by atoms with Crippen molar-refractivity contribution in [3.63, 3.8) is 0 Å². The van der Waals surface area contributed by atoms with Gasteiger partial charge < -0.3 is 5.32 Å². The Morgan fingerprint density at radius 3 is 2.81 bits per heavy atom. The molecule has 0 atom stereocenters. The maximum atomic E-state index is 4.08. The molecule has 1 aromatic rings. The molecule has 5 nitrogen and oxygen atoms in total. The zero-order valence-electron chi connectivity index (χ0n) is 9.60. The molecule has 2 fully saturated rings. The molecule has 0 radical (unpaired) electrons. The van der Waals surface area contributed by atoms with Gasteiger partial charge in [-0.3, -0.25) is 0 Å². The maximum Gasteiger partial charge on any atom is 0.165 e. The first-order chi connectivity index (χ1) is 7.92. The van der Waals surface area contributed by atoms with E-state index in [0.717, 1.165) is 30.9 Å². The summed E-state index contributed by atoms with van der Waals surface area (Å²) in [5.41, 5.74) is 0. The van der Waals surface area contributed by atoms with Crippen molar-refractivity contribution >= 4 is 0 Å². The molecule has 1 heterocycles. The number of aromatic nitrogens is 4. The second-order valence-electron chi connectivity index (χ2n) is 5.06. The number of hydrogen-bond donors (Lipinski definition) is 1. The van der Waals surface area contributed by atoms with Crippen LogP contribution in [0.2, 0.25) is 0 Å². The van der Waals surface area contributed by atoms with Gasteiger partial charge in [-0.05, 0) is 35.6 Å². The summed E-state index contributed by atoms with van der Waals surface area (Å²) in [6.45, 7) is 1.81. The highest BCUT2D eigenvalue weighted by Crippen LogP contribution is 2.29. The highest BCUT2D eigenvalue weighted by Gasteiger charge is 2.22. The second-order valence-corrected chi connectivity index (χ2v) is 5.06. The smallest absolute Gasteiger partial charge is 0.165 e. The third-order valence-electron chi connectivity index (χ3n) is 3.71. The first kappa shape index (κ1) is 10.2. The van der Waals surface area contributed by atoms with Gasteiger partial charge in [-0.25, -0.2) is 4.68 Å². The van der Waals surface area contributed by atoms with E-state index in [1.165, 1.54) is 38.5 Å². The lowest BCUT2D eigenvalue weighted by Crippen LogP contribution is -2.21. The van der Waals surface area contributed by atoms with Gasteiger partial charge in [0.2, 0.25) is 0 Å². The minimum Gasteiger partial charge on any atom is -0.307 e. The minimum atomic E-state index is 0.719. The van der Waals surface area contributed by atoms with Crippen LogP contribution in [0.5, 0.6) is 0 Å². The molecule has 0 bridgehead atoms. The molecule has 0 aromatic carbocycles. The molecule has 0 amide bonds. The molecule has 5 heteroatoms. The Balaban J connectivity index is 1.49. The van der Waals surface area contributed by atoms with Crippen LogP contribution in [0.15, 0.2) is 0 Å². The van der Waals surface area contributed by atoms with Gasteiger partial charge in [-0.2, -0.15) is 0 Å². The van der Waals surface area contributed by atoms with Crippen molar-refractivity contribution in [3.8, 4) is 0 Å². The summed E-state index contributed by atoms with van der Waals surface area (Å²) in [6.07, 6.45) is 8.07. The van der Waals surface area contributed by atoms with E-state index < -0.39 is 0 Å². The fourth-order valence-electron chi connectivity index (χ4n) is 2.13. The third kappa shape index (κ3) is 2.40. The zero-order chi connectivity index (χ0) is 10.8. The summed E-state index contributed by atoms with van der Waals surface area (Å²) in [4.78, 5) is 0. The predicted octanol–water partition coefficient (Wildman–Crippen LogP) is 1.12. The van der Waals surface area contributed by atoms with Crippen LogP contribution in [0, 0.1) is 5.92 Å². The SMILES string of the molecule is C1CC(CCn2nnnc2CNC2CC2)C1. The van der Waals surface area contributed by atoms with Gasteiger partial charge in [0.15, 0.2) is 5.82 Å². The Hall–Kier alpha value is -0.970. The van der Waals surface area contributed by atoms with E-state index in [1.54, 1.807) is 0 Å².